The van der Waals surface area contributed by atoms with Gasteiger partial charge in [0, 0.05) is 17.1 Å². The largest absolute Gasteiger partial charge is 0.496 e. The van der Waals surface area contributed by atoms with Crippen molar-refractivity contribution in [3.63, 3.8) is 0 Å². The highest BCUT2D eigenvalue weighted by Gasteiger charge is 2.63. The number of allylic oxidation sites excluding steroid dienone is 2. The van der Waals surface area contributed by atoms with Gasteiger partial charge in [0.2, 0.25) is 0 Å². The lowest BCUT2D eigenvalue weighted by Crippen LogP contribution is -2.58. The van der Waals surface area contributed by atoms with Gasteiger partial charge in [0.05, 0.1) is 13.7 Å². The van der Waals surface area contributed by atoms with Crippen molar-refractivity contribution in [2.75, 3.05) is 13.7 Å². The molecule has 0 saturated heterocycles. The maximum Gasteiger partial charge on any atom is 0.330 e. The summed E-state index contributed by atoms with van der Waals surface area (Å²) >= 11 is 0. The number of fused-ring (bicyclic) bond motifs is 3. The summed E-state index contributed by atoms with van der Waals surface area (Å²) in [6, 6.07) is 7.72. The van der Waals surface area contributed by atoms with Crippen LogP contribution in [0.3, 0.4) is 0 Å². The molecule has 3 heteroatoms. The number of para-hydroxylation sites is 1. The molecule has 0 N–H and O–H groups in total. The van der Waals surface area contributed by atoms with Gasteiger partial charge in [0.25, 0.3) is 0 Å². The molecule has 0 amide bonds. The Bertz CT molecular complexity index is 979. The Balaban J connectivity index is 1.29. The summed E-state index contributed by atoms with van der Waals surface area (Å²) in [7, 11) is 1.65. The second-order valence-electron chi connectivity index (χ2n) is 12.3. The Morgan fingerprint density at radius 1 is 1.03 bits per heavy atom. The Morgan fingerprint density at radius 3 is 2.64 bits per heavy atom. The highest BCUT2D eigenvalue weighted by Crippen LogP contribution is 2.71. The number of hydrogen-bond donors (Lipinski definition) is 0. The number of rotatable bonds is 5. The van der Waals surface area contributed by atoms with Crippen LogP contribution in [0.25, 0.3) is 6.08 Å². The van der Waals surface area contributed by atoms with Crippen LogP contribution in [0.5, 0.6) is 5.75 Å². The van der Waals surface area contributed by atoms with Crippen molar-refractivity contribution in [3.8, 4) is 5.75 Å². The van der Waals surface area contributed by atoms with Gasteiger partial charge in [-0.25, -0.2) is 4.79 Å². The summed E-state index contributed by atoms with van der Waals surface area (Å²) in [6.07, 6.45) is 18.9. The molecule has 4 aliphatic rings. The molecule has 0 aliphatic heterocycles. The quantitative estimate of drug-likeness (QED) is 0.271. The molecule has 0 unspecified atom stereocenters. The first-order valence-electron chi connectivity index (χ1n) is 12.9. The zero-order chi connectivity index (χ0) is 23.3. The molecule has 1 spiro atoms. The van der Waals surface area contributed by atoms with Crippen LogP contribution >= 0.6 is 0 Å². The average Bonchev–Trinajstić information content (AvgIpc) is 3.05. The Labute approximate surface area is 199 Å². The van der Waals surface area contributed by atoms with E-state index in [0.717, 1.165) is 23.7 Å². The normalized spacial score (nSPS) is 41.5. The van der Waals surface area contributed by atoms with E-state index in [1.54, 1.807) is 19.3 Å². The first-order valence-corrected chi connectivity index (χ1v) is 12.9. The smallest absolute Gasteiger partial charge is 0.330 e. The van der Waals surface area contributed by atoms with Crippen LogP contribution in [0, 0.1) is 33.5 Å². The molecule has 1 aromatic rings. The molecular weight excluding hydrogens is 408 g/mol. The van der Waals surface area contributed by atoms with Crippen molar-refractivity contribution in [2.45, 2.75) is 72.1 Å². The Hall–Kier alpha value is -2.03. The molecule has 33 heavy (non-hydrogen) atoms. The molecule has 0 radical (unpaired) electrons. The van der Waals surface area contributed by atoms with Crippen molar-refractivity contribution in [1.29, 1.82) is 0 Å². The Kier molecular flexibility index (Phi) is 5.53. The van der Waals surface area contributed by atoms with Crippen LogP contribution in [0.1, 0.15) is 77.7 Å². The van der Waals surface area contributed by atoms with Crippen molar-refractivity contribution >= 4 is 12.0 Å². The predicted molar refractivity (Wildman–Crippen MR) is 133 cm³/mol. The van der Waals surface area contributed by atoms with E-state index in [9.17, 15) is 4.79 Å². The van der Waals surface area contributed by atoms with Crippen LogP contribution < -0.4 is 4.74 Å². The fourth-order valence-electron chi connectivity index (χ4n) is 8.69. The predicted octanol–water partition coefficient (Wildman–Crippen LogP) is 7.22. The zero-order valence-corrected chi connectivity index (χ0v) is 20.9. The maximum atomic E-state index is 12.6. The third-order valence-corrected chi connectivity index (χ3v) is 10.1. The summed E-state index contributed by atoms with van der Waals surface area (Å²) in [5.41, 5.74) is 2.15. The third-order valence-electron chi connectivity index (χ3n) is 10.1. The van der Waals surface area contributed by atoms with E-state index in [0.29, 0.717) is 28.8 Å². The van der Waals surface area contributed by atoms with Gasteiger partial charge in [0.1, 0.15) is 5.75 Å². The molecule has 0 aromatic heterocycles. The van der Waals surface area contributed by atoms with Gasteiger partial charge in [-0.05, 0) is 85.2 Å². The number of hydrogen-bond acceptors (Lipinski definition) is 3. The van der Waals surface area contributed by atoms with E-state index in [-0.39, 0.29) is 11.4 Å². The number of esters is 1. The van der Waals surface area contributed by atoms with Crippen molar-refractivity contribution in [3.05, 3.63) is 48.1 Å². The maximum absolute atomic E-state index is 12.6. The lowest BCUT2D eigenvalue weighted by atomic mass is 9.40. The molecular formula is C30H40O3. The van der Waals surface area contributed by atoms with Crippen LogP contribution in [0.4, 0.5) is 0 Å². The van der Waals surface area contributed by atoms with Gasteiger partial charge < -0.3 is 9.47 Å². The van der Waals surface area contributed by atoms with Gasteiger partial charge in [0.15, 0.2) is 0 Å². The SMILES string of the molecule is COc1ccccc1/C=C/C(=O)OC[C@@]1(C)CCC[C@]2(C)[C@@H]1CC[C@@]13C=C[C@@](C)(CC[C@H]12)C3. The highest BCUT2D eigenvalue weighted by atomic mass is 16.5. The van der Waals surface area contributed by atoms with E-state index in [2.05, 4.69) is 32.9 Å². The van der Waals surface area contributed by atoms with E-state index < -0.39 is 0 Å². The fourth-order valence-corrected chi connectivity index (χ4v) is 8.69. The zero-order valence-electron chi connectivity index (χ0n) is 20.9. The summed E-state index contributed by atoms with van der Waals surface area (Å²) in [4.78, 5) is 12.6. The van der Waals surface area contributed by atoms with Crippen molar-refractivity contribution < 1.29 is 14.3 Å². The minimum absolute atomic E-state index is 0.0611. The molecule has 5 rings (SSSR count). The number of carbonyl (C=O) groups excluding carboxylic acids is 1. The second kappa shape index (κ2) is 8.03. The van der Waals surface area contributed by atoms with Crippen molar-refractivity contribution in [2.24, 2.45) is 33.5 Å². The number of benzene rings is 1. The summed E-state index contributed by atoms with van der Waals surface area (Å²) < 4.78 is 11.3. The molecule has 2 bridgehead atoms. The number of methoxy groups -OCH3 is 1. The van der Waals surface area contributed by atoms with Gasteiger partial charge in [-0.1, -0.05) is 57.5 Å². The van der Waals surface area contributed by atoms with E-state index in [4.69, 9.17) is 9.47 Å². The summed E-state index contributed by atoms with van der Waals surface area (Å²) in [5.74, 6) is 1.90. The standard InChI is InChI=1S/C30H40O3/c1-27-16-12-25-29(3)15-7-14-28(2,24(29)13-17-30(25,20-27)19-18-27)21-33-26(31)11-10-22-8-5-6-9-23(22)32-4/h5-6,8-11,18-19,24-25H,7,12-17,20-21H2,1-4H3/b11-10+/t24-,25+,27-,28-,29-,30+/m1/s1. The lowest BCUT2D eigenvalue weighted by Gasteiger charge is -2.64. The monoisotopic (exact) mass is 448 g/mol. The van der Waals surface area contributed by atoms with E-state index >= 15 is 0 Å². The third kappa shape index (κ3) is 3.76. The lowest BCUT2D eigenvalue weighted by molar-refractivity contribution is -0.168. The second-order valence-corrected chi connectivity index (χ2v) is 12.3. The molecule has 1 aromatic carbocycles. The van der Waals surface area contributed by atoms with Crippen LogP contribution in [-0.4, -0.2) is 19.7 Å². The highest BCUT2D eigenvalue weighted by molar-refractivity contribution is 5.87. The molecule has 4 aliphatic carbocycles. The first-order chi connectivity index (χ1) is 15.7. The van der Waals surface area contributed by atoms with Gasteiger partial charge in [-0.3, -0.25) is 0 Å². The molecule has 3 nitrogen and oxygen atoms in total. The number of ether oxygens (including phenoxy) is 2. The van der Waals surface area contributed by atoms with Crippen LogP contribution in [-0.2, 0) is 9.53 Å². The average molecular weight is 449 g/mol. The minimum Gasteiger partial charge on any atom is -0.496 e. The fraction of sp³-hybridized carbons (Fsp3) is 0.633. The van der Waals surface area contributed by atoms with Crippen molar-refractivity contribution in [1.82, 2.24) is 0 Å². The summed E-state index contributed by atoms with van der Waals surface area (Å²) in [5, 5.41) is 0. The van der Waals surface area contributed by atoms with Crippen LogP contribution in [0.2, 0.25) is 0 Å². The minimum atomic E-state index is -0.256. The molecule has 0 heterocycles. The molecule has 3 fully saturated rings. The molecule has 3 saturated carbocycles. The van der Waals surface area contributed by atoms with E-state index in [1.807, 2.05) is 24.3 Å². The number of carbonyl (C=O) groups is 1. The first kappa shape index (κ1) is 22.7. The van der Waals surface area contributed by atoms with Gasteiger partial charge >= 0.3 is 5.97 Å². The van der Waals surface area contributed by atoms with Gasteiger partial charge in [-0.2, -0.15) is 0 Å². The van der Waals surface area contributed by atoms with E-state index in [1.165, 1.54) is 44.9 Å². The molecule has 178 valence electrons. The Morgan fingerprint density at radius 2 is 1.82 bits per heavy atom. The van der Waals surface area contributed by atoms with Crippen LogP contribution in [0.15, 0.2) is 42.5 Å². The van der Waals surface area contributed by atoms with Gasteiger partial charge in [-0.15, -0.1) is 0 Å². The molecule has 6 atom stereocenters. The topological polar surface area (TPSA) is 35.5 Å². The summed E-state index contributed by atoms with van der Waals surface area (Å²) in [6.45, 7) is 7.96.